The maximum atomic E-state index is 12.6. The van der Waals surface area contributed by atoms with Crippen LogP contribution in [0.2, 0.25) is 0 Å². The molecule has 0 spiro atoms. The van der Waals surface area contributed by atoms with Crippen molar-refractivity contribution in [1.29, 1.82) is 0 Å². The average molecular weight is 341 g/mol. The maximum absolute atomic E-state index is 12.6. The van der Waals surface area contributed by atoms with Crippen LogP contribution in [0.3, 0.4) is 0 Å². The molecule has 0 atom stereocenters. The van der Waals surface area contributed by atoms with Crippen molar-refractivity contribution in [3.8, 4) is 5.69 Å². The van der Waals surface area contributed by atoms with Gasteiger partial charge in [-0.25, -0.2) is 0 Å². The Morgan fingerprint density at radius 1 is 1.12 bits per heavy atom. The van der Waals surface area contributed by atoms with Crippen molar-refractivity contribution >= 4 is 17.5 Å². The zero-order chi connectivity index (χ0) is 18.4. The molecule has 0 radical (unpaired) electrons. The lowest BCUT2D eigenvalue weighted by Crippen LogP contribution is -2.35. The van der Waals surface area contributed by atoms with Crippen molar-refractivity contribution in [2.75, 3.05) is 5.32 Å². The smallest absolute Gasteiger partial charge is 0.267 e. The van der Waals surface area contributed by atoms with Crippen molar-refractivity contribution in [1.82, 2.24) is 9.88 Å². The monoisotopic (exact) mass is 341 g/mol. The summed E-state index contributed by atoms with van der Waals surface area (Å²) in [6.07, 6.45) is 2.86. The molecule has 2 amide bonds. The molecule has 1 aromatic carbocycles. The average Bonchev–Trinajstić information content (AvgIpc) is 2.55. The highest BCUT2D eigenvalue weighted by Crippen LogP contribution is 2.13. The van der Waals surface area contributed by atoms with Crippen molar-refractivity contribution in [2.24, 2.45) is 0 Å². The van der Waals surface area contributed by atoms with Crippen LogP contribution in [0.15, 0.2) is 47.4 Å². The first kappa shape index (κ1) is 18.4. The van der Waals surface area contributed by atoms with Crippen molar-refractivity contribution < 1.29 is 9.59 Å². The van der Waals surface area contributed by atoms with Crippen LogP contribution in [0, 0.1) is 0 Å². The molecule has 0 aliphatic heterocycles. The zero-order valence-corrected chi connectivity index (χ0v) is 14.7. The van der Waals surface area contributed by atoms with Gasteiger partial charge in [-0.3, -0.25) is 19.0 Å². The van der Waals surface area contributed by atoms with Gasteiger partial charge in [-0.1, -0.05) is 6.92 Å². The lowest BCUT2D eigenvalue weighted by Gasteiger charge is -2.11. The largest absolute Gasteiger partial charge is 0.350 e. The minimum Gasteiger partial charge on any atom is -0.350 e. The Bertz CT molecular complexity index is 807. The molecule has 0 saturated heterocycles. The zero-order valence-electron chi connectivity index (χ0n) is 14.7. The summed E-state index contributed by atoms with van der Waals surface area (Å²) in [5, 5.41) is 5.52. The summed E-state index contributed by atoms with van der Waals surface area (Å²) in [5.74, 6) is -0.433. The number of rotatable bonds is 6. The number of carbonyl (C=O) groups is 2. The van der Waals surface area contributed by atoms with Crippen LogP contribution in [-0.2, 0) is 4.79 Å². The minimum absolute atomic E-state index is 0.0419. The second-order valence-corrected chi connectivity index (χ2v) is 6.07. The van der Waals surface area contributed by atoms with E-state index in [9.17, 15) is 14.4 Å². The SMILES string of the molecule is CCCC(=O)Nc1ccc(-n2cccc(C(=O)NC(C)C)c2=O)cc1. The normalized spacial score (nSPS) is 10.6. The van der Waals surface area contributed by atoms with Crippen LogP contribution in [0.25, 0.3) is 5.69 Å². The summed E-state index contributed by atoms with van der Waals surface area (Å²) < 4.78 is 1.41. The molecular weight excluding hydrogens is 318 g/mol. The summed E-state index contributed by atoms with van der Waals surface area (Å²) in [4.78, 5) is 36.3. The molecule has 0 aliphatic carbocycles. The van der Waals surface area contributed by atoms with E-state index >= 15 is 0 Å². The molecular formula is C19H23N3O3. The maximum Gasteiger partial charge on any atom is 0.267 e. The molecule has 0 saturated carbocycles. The molecule has 0 bridgehead atoms. The Balaban J connectivity index is 2.26. The number of hydrogen-bond donors (Lipinski definition) is 2. The number of aromatic nitrogens is 1. The van der Waals surface area contributed by atoms with E-state index in [0.717, 1.165) is 6.42 Å². The van der Waals surface area contributed by atoms with Gasteiger partial charge in [0, 0.05) is 30.0 Å². The third-order valence-corrected chi connectivity index (χ3v) is 3.52. The highest BCUT2D eigenvalue weighted by atomic mass is 16.2. The third-order valence-electron chi connectivity index (χ3n) is 3.52. The Morgan fingerprint density at radius 2 is 1.80 bits per heavy atom. The van der Waals surface area contributed by atoms with E-state index in [4.69, 9.17) is 0 Å². The molecule has 0 aliphatic rings. The Hall–Kier alpha value is -2.89. The quantitative estimate of drug-likeness (QED) is 0.848. The predicted octanol–water partition coefficient (Wildman–Crippen LogP) is 2.71. The summed E-state index contributed by atoms with van der Waals surface area (Å²) >= 11 is 0. The molecule has 2 N–H and O–H groups in total. The van der Waals surface area contributed by atoms with Crippen LogP contribution in [0.4, 0.5) is 5.69 Å². The first-order valence-electron chi connectivity index (χ1n) is 8.35. The van der Waals surface area contributed by atoms with Crippen LogP contribution < -0.4 is 16.2 Å². The number of carbonyl (C=O) groups excluding carboxylic acids is 2. The van der Waals surface area contributed by atoms with E-state index in [0.29, 0.717) is 17.8 Å². The van der Waals surface area contributed by atoms with Crippen LogP contribution >= 0.6 is 0 Å². The summed E-state index contributed by atoms with van der Waals surface area (Å²) in [6.45, 7) is 5.62. The molecule has 1 aromatic heterocycles. The van der Waals surface area contributed by atoms with Crippen molar-refractivity contribution in [3.63, 3.8) is 0 Å². The van der Waals surface area contributed by atoms with Crippen molar-refractivity contribution in [2.45, 2.75) is 39.7 Å². The molecule has 0 fully saturated rings. The van der Waals surface area contributed by atoms with E-state index in [-0.39, 0.29) is 23.1 Å². The Labute approximate surface area is 146 Å². The second kappa shape index (κ2) is 8.28. The van der Waals surface area contributed by atoms with Crippen LogP contribution in [-0.4, -0.2) is 22.4 Å². The van der Waals surface area contributed by atoms with Gasteiger partial charge in [-0.2, -0.15) is 0 Å². The van der Waals surface area contributed by atoms with Gasteiger partial charge in [-0.15, -0.1) is 0 Å². The van der Waals surface area contributed by atoms with Gasteiger partial charge in [0.1, 0.15) is 5.56 Å². The van der Waals surface area contributed by atoms with E-state index in [1.54, 1.807) is 36.5 Å². The number of nitrogens with one attached hydrogen (secondary N) is 2. The highest BCUT2D eigenvalue weighted by Gasteiger charge is 2.13. The standard InChI is InChI=1S/C19H23N3O3/c1-4-6-17(23)21-14-8-10-15(11-9-14)22-12-5-7-16(19(22)25)18(24)20-13(2)3/h5,7-13H,4,6H2,1-3H3,(H,20,24)(H,21,23). The lowest BCUT2D eigenvalue weighted by molar-refractivity contribution is -0.116. The first-order chi connectivity index (χ1) is 11.9. The Morgan fingerprint density at radius 3 is 2.40 bits per heavy atom. The molecule has 132 valence electrons. The van der Waals surface area contributed by atoms with Gasteiger partial charge < -0.3 is 10.6 Å². The summed E-state index contributed by atoms with van der Waals surface area (Å²) in [7, 11) is 0. The van der Waals surface area contributed by atoms with Crippen LogP contribution in [0.5, 0.6) is 0 Å². The highest BCUT2D eigenvalue weighted by molar-refractivity contribution is 5.94. The van der Waals surface area contributed by atoms with Gasteiger partial charge >= 0.3 is 0 Å². The fourth-order valence-corrected chi connectivity index (χ4v) is 2.37. The number of hydrogen-bond acceptors (Lipinski definition) is 3. The van der Waals surface area contributed by atoms with E-state index < -0.39 is 5.91 Å². The van der Waals surface area contributed by atoms with E-state index in [2.05, 4.69) is 10.6 Å². The molecule has 6 heteroatoms. The van der Waals surface area contributed by atoms with Crippen LogP contribution in [0.1, 0.15) is 44.0 Å². The predicted molar refractivity (Wildman–Crippen MR) is 98.2 cm³/mol. The number of benzene rings is 1. The van der Waals surface area contributed by atoms with Gasteiger partial charge in [0.15, 0.2) is 0 Å². The first-order valence-corrected chi connectivity index (χ1v) is 8.35. The summed E-state index contributed by atoms with van der Waals surface area (Å²) in [6, 6.07) is 10.0. The molecule has 25 heavy (non-hydrogen) atoms. The lowest BCUT2D eigenvalue weighted by atomic mass is 10.2. The molecule has 0 unspecified atom stereocenters. The molecule has 2 rings (SSSR count). The third kappa shape index (κ3) is 4.79. The number of anilines is 1. The van der Waals surface area contributed by atoms with Gasteiger partial charge in [0.25, 0.3) is 11.5 Å². The van der Waals surface area contributed by atoms with Gasteiger partial charge in [-0.05, 0) is 56.7 Å². The second-order valence-electron chi connectivity index (χ2n) is 6.07. The minimum atomic E-state index is -0.391. The topological polar surface area (TPSA) is 80.2 Å². The fourth-order valence-electron chi connectivity index (χ4n) is 2.37. The summed E-state index contributed by atoms with van der Waals surface area (Å²) in [5.41, 5.74) is 1.00. The Kier molecular flexibility index (Phi) is 6.11. The number of amides is 2. The van der Waals surface area contributed by atoms with Crippen molar-refractivity contribution in [3.05, 3.63) is 58.5 Å². The molecule has 1 heterocycles. The van der Waals surface area contributed by atoms with E-state index in [1.807, 2.05) is 20.8 Å². The fraction of sp³-hybridized carbons (Fsp3) is 0.316. The van der Waals surface area contributed by atoms with Gasteiger partial charge in [0.2, 0.25) is 5.91 Å². The molecule has 2 aromatic rings. The number of nitrogens with zero attached hydrogens (tertiary/aromatic N) is 1. The van der Waals surface area contributed by atoms with Gasteiger partial charge in [0.05, 0.1) is 0 Å². The molecule has 6 nitrogen and oxygen atoms in total. The number of pyridine rings is 1. The van der Waals surface area contributed by atoms with E-state index in [1.165, 1.54) is 10.6 Å².